The first-order valence-corrected chi connectivity index (χ1v) is 9.86. The van der Waals surface area contributed by atoms with Gasteiger partial charge in [-0.3, -0.25) is 4.79 Å². The predicted octanol–water partition coefficient (Wildman–Crippen LogP) is 3.78. The molecule has 1 aromatic carbocycles. The van der Waals surface area contributed by atoms with Gasteiger partial charge in [-0.25, -0.2) is 9.97 Å². The molecule has 0 spiro atoms. The van der Waals surface area contributed by atoms with Crippen molar-refractivity contribution in [2.45, 2.75) is 38.6 Å². The van der Waals surface area contributed by atoms with E-state index in [2.05, 4.69) is 21.5 Å². The Kier molecular flexibility index (Phi) is 3.96. The van der Waals surface area contributed by atoms with E-state index in [0.29, 0.717) is 17.5 Å². The second-order valence-electron chi connectivity index (χ2n) is 7.94. The fraction of sp³-hybridized carbons (Fsp3) is 0.409. The molecule has 5 heteroatoms. The minimum Gasteiger partial charge on any atom is -0.337 e. The normalized spacial score (nSPS) is 19.7. The smallest absolute Gasteiger partial charge is 0.272 e. The van der Waals surface area contributed by atoms with E-state index < -0.39 is 0 Å². The first-order chi connectivity index (χ1) is 13.2. The van der Waals surface area contributed by atoms with Gasteiger partial charge in [-0.2, -0.15) is 0 Å². The van der Waals surface area contributed by atoms with E-state index in [9.17, 15) is 4.79 Å². The van der Waals surface area contributed by atoms with Gasteiger partial charge in [0.1, 0.15) is 11.5 Å². The van der Waals surface area contributed by atoms with Crippen LogP contribution in [0.15, 0.2) is 42.6 Å². The molecule has 0 radical (unpaired) electrons. The van der Waals surface area contributed by atoms with Crippen LogP contribution in [0.3, 0.4) is 0 Å². The van der Waals surface area contributed by atoms with Crippen molar-refractivity contribution >= 4 is 16.8 Å². The van der Waals surface area contributed by atoms with Gasteiger partial charge in [-0.1, -0.05) is 24.3 Å². The average Bonchev–Trinajstić information content (AvgIpc) is 3.33. The van der Waals surface area contributed by atoms with Crippen molar-refractivity contribution < 1.29 is 4.79 Å². The lowest BCUT2D eigenvalue weighted by Gasteiger charge is -2.18. The summed E-state index contributed by atoms with van der Waals surface area (Å²) in [5, 5.41) is 1.07. The summed E-state index contributed by atoms with van der Waals surface area (Å²) in [6, 6.07) is 11.8. The summed E-state index contributed by atoms with van der Waals surface area (Å²) in [6.45, 7) is 4.71. The molecule has 1 aliphatic carbocycles. The molecule has 5 nitrogen and oxygen atoms in total. The average molecular weight is 360 g/mol. The second-order valence-corrected chi connectivity index (χ2v) is 7.94. The lowest BCUT2D eigenvalue weighted by molar-refractivity contribution is 0.0780. The Balaban J connectivity index is 1.30. The Morgan fingerprint density at radius 3 is 2.85 bits per heavy atom. The number of fused-ring (bicyclic) bond motifs is 1. The summed E-state index contributed by atoms with van der Waals surface area (Å²) in [5.41, 5.74) is 2.66. The van der Waals surface area contributed by atoms with E-state index in [1.165, 1.54) is 24.4 Å². The monoisotopic (exact) mass is 360 g/mol. The Morgan fingerprint density at radius 1 is 1.15 bits per heavy atom. The third-order valence-electron chi connectivity index (χ3n) is 5.86. The third-order valence-corrected chi connectivity index (χ3v) is 5.86. The zero-order chi connectivity index (χ0) is 18.4. The van der Waals surface area contributed by atoms with E-state index in [-0.39, 0.29) is 5.91 Å². The molecular formula is C22H24N4O. The molecule has 1 unspecified atom stereocenters. The van der Waals surface area contributed by atoms with E-state index in [1.807, 2.05) is 47.5 Å². The standard InChI is InChI=1S/C22H24N4O/c1-15-12-23-21(18-6-7-18)26(15)14-16-10-11-25(13-16)22(27)20-9-8-17-4-2-3-5-19(17)24-20/h2-5,8-9,12,16,18H,6-7,10-11,13-14H2,1H3. The van der Waals surface area contributed by atoms with E-state index in [1.54, 1.807) is 0 Å². The van der Waals surface area contributed by atoms with Gasteiger partial charge < -0.3 is 9.47 Å². The molecule has 138 valence electrons. The maximum absolute atomic E-state index is 12.9. The number of hydrogen-bond donors (Lipinski definition) is 0. The lowest BCUT2D eigenvalue weighted by atomic mass is 10.1. The molecule has 2 aliphatic rings. The van der Waals surface area contributed by atoms with Crippen LogP contribution in [0.4, 0.5) is 0 Å². The zero-order valence-electron chi connectivity index (χ0n) is 15.6. The molecule has 1 saturated carbocycles. The third kappa shape index (κ3) is 3.11. The van der Waals surface area contributed by atoms with Crippen molar-refractivity contribution in [1.82, 2.24) is 19.4 Å². The van der Waals surface area contributed by atoms with Crippen molar-refractivity contribution in [2.24, 2.45) is 5.92 Å². The molecule has 2 fully saturated rings. The molecule has 1 saturated heterocycles. The van der Waals surface area contributed by atoms with Crippen LogP contribution < -0.4 is 0 Å². The van der Waals surface area contributed by atoms with Gasteiger partial charge in [0.05, 0.1) is 5.52 Å². The number of para-hydroxylation sites is 1. The fourth-order valence-corrected chi connectivity index (χ4v) is 4.16. The molecule has 3 aromatic rings. The highest BCUT2D eigenvalue weighted by Gasteiger charge is 2.32. The van der Waals surface area contributed by atoms with Crippen LogP contribution >= 0.6 is 0 Å². The number of nitrogens with zero attached hydrogens (tertiary/aromatic N) is 4. The van der Waals surface area contributed by atoms with Gasteiger partial charge in [0.2, 0.25) is 0 Å². The molecule has 27 heavy (non-hydrogen) atoms. The van der Waals surface area contributed by atoms with Crippen molar-refractivity contribution in [3.63, 3.8) is 0 Å². The van der Waals surface area contributed by atoms with Gasteiger partial charge in [0, 0.05) is 42.8 Å². The summed E-state index contributed by atoms with van der Waals surface area (Å²) in [5.74, 6) is 2.43. The van der Waals surface area contributed by atoms with Gasteiger partial charge in [-0.05, 0) is 44.2 Å². The summed E-state index contributed by atoms with van der Waals surface area (Å²) < 4.78 is 2.38. The zero-order valence-corrected chi connectivity index (χ0v) is 15.6. The summed E-state index contributed by atoms with van der Waals surface area (Å²) in [7, 11) is 0. The number of carbonyl (C=O) groups is 1. The first kappa shape index (κ1) is 16.5. The quantitative estimate of drug-likeness (QED) is 0.711. The number of likely N-dealkylation sites (tertiary alicyclic amines) is 1. The van der Waals surface area contributed by atoms with Crippen LogP contribution in [-0.4, -0.2) is 38.4 Å². The predicted molar refractivity (Wildman–Crippen MR) is 105 cm³/mol. The first-order valence-electron chi connectivity index (χ1n) is 9.86. The largest absolute Gasteiger partial charge is 0.337 e. The topological polar surface area (TPSA) is 51.0 Å². The highest BCUT2D eigenvalue weighted by Crippen LogP contribution is 2.40. The molecule has 2 aromatic heterocycles. The van der Waals surface area contributed by atoms with Crippen LogP contribution in [-0.2, 0) is 6.54 Å². The highest BCUT2D eigenvalue weighted by atomic mass is 16.2. The number of aryl methyl sites for hydroxylation is 1. The number of rotatable bonds is 4. The van der Waals surface area contributed by atoms with Crippen LogP contribution in [0.25, 0.3) is 10.9 Å². The van der Waals surface area contributed by atoms with E-state index >= 15 is 0 Å². The van der Waals surface area contributed by atoms with Crippen molar-refractivity contribution in [1.29, 1.82) is 0 Å². The van der Waals surface area contributed by atoms with Gasteiger partial charge in [-0.15, -0.1) is 0 Å². The molecule has 0 bridgehead atoms. The Bertz CT molecular complexity index is 1000. The minimum atomic E-state index is 0.0491. The fourth-order valence-electron chi connectivity index (χ4n) is 4.16. The number of carbonyl (C=O) groups excluding carboxylic acids is 1. The van der Waals surface area contributed by atoms with E-state index in [0.717, 1.165) is 37.0 Å². The molecule has 0 N–H and O–H groups in total. The van der Waals surface area contributed by atoms with Crippen molar-refractivity contribution in [3.05, 3.63) is 59.8 Å². The van der Waals surface area contributed by atoms with Crippen LogP contribution in [0.5, 0.6) is 0 Å². The van der Waals surface area contributed by atoms with Gasteiger partial charge in [0.25, 0.3) is 5.91 Å². The Morgan fingerprint density at radius 2 is 2.00 bits per heavy atom. The molecule has 5 rings (SSSR count). The number of aromatic nitrogens is 3. The minimum absolute atomic E-state index is 0.0491. The van der Waals surface area contributed by atoms with Gasteiger partial charge >= 0.3 is 0 Å². The Labute approximate surface area is 159 Å². The number of pyridine rings is 1. The molecule has 1 atom stereocenters. The van der Waals surface area contributed by atoms with Crippen LogP contribution in [0.1, 0.15) is 47.2 Å². The SMILES string of the molecule is Cc1cnc(C2CC2)n1CC1CCN(C(=O)c2ccc3ccccc3n2)C1. The summed E-state index contributed by atoms with van der Waals surface area (Å²) in [6.07, 6.45) is 5.56. The summed E-state index contributed by atoms with van der Waals surface area (Å²) >= 11 is 0. The number of hydrogen-bond acceptors (Lipinski definition) is 3. The molecule has 1 aliphatic heterocycles. The maximum Gasteiger partial charge on any atom is 0.272 e. The highest BCUT2D eigenvalue weighted by molar-refractivity contribution is 5.95. The molecule has 3 heterocycles. The van der Waals surface area contributed by atoms with Crippen LogP contribution in [0, 0.1) is 12.8 Å². The number of imidazole rings is 1. The number of amides is 1. The molecular weight excluding hydrogens is 336 g/mol. The maximum atomic E-state index is 12.9. The molecule has 1 amide bonds. The summed E-state index contributed by atoms with van der Waals surface area (Å²) in [4.78, 5) is 24.1. The van der Waals surface area contributed by atoms with Gasteiger partial charge in [0.15, 0.2) is 0 Å². The second kappa shape index (κ2) is 6.48. The Hall–Kier alpha value is -2.69. The van der Waals surface area contributed by atoms with Crippen LogP contribution in [0.2, 0.25) is 0 Å². The number of benzene rings is 1. The lowest BCUT2D eigenvalue weighted by Crippen LogP contribution is -2.30. The van der Waals surface area contributed by atoms with Crippen molar-refractivity contribution in [2.75, 3.05) is 13.1 Å². The van der Waals surface area contributed by atoms with E-state index in [4.69, 9.17) is 0 Å². The van der Waals surface area contributed by atoms with Crippen molar-refractivity contribution in [3.8, 4) is 0 Å².